The van der Waals surface area contributed by atoms with Gasteiger partial charge in [0, 0.05) is 12.2 Å². The fourth-order valence-corrected chi connectivity index (χ4v) is 1.80. The SMILES string of the molecule is Cl.Cl.NCC1CCNc2ccccc21. The van der Waals surface area contributed by atoms with Gasteiger partial charge < -0.3 is 11.1 Å². The summed E-state index contributed by atoms with van der Waals surface area (Å²) in [6.07, 6.45) is 1.16. The summed E-state index contributed by atoms with van der Waals surface area (Å²) in [7, 11) is 0. The summed E-state index contributed by atoms with van der Waals surface area (Å²) < 4.78 is 0. The number of nitrogens with one attached hydrogen (secondary N) is 1. The fraction of sp³-hybridized carbons (Fsp3) is 0.400. The molecule has 0 aliphatic carbocycles. The highest BCUT2D eigenvalue weighted by molar-refractivity contribution is 5.85. The van der Waals surface area contributed by atoms with E-state index in [1.807, 2.05) is 0 Å². The molecule has 2 rings (SSSR count). The van der Waals surface area contributed by atoms with Gasteiger partial charge >= 0.3 is 0 Å². The maximum absolute atomic E-state index is 5.69. The molecule has 1 atom stereocenters. The van der Waals surface area contributed by atoms with E-state index in [0.29, 0.717) is 5.92 Å². The van der Waals surface area contributed by atoms with Crippen LogP contribution < -0.4 is 11.1 Å². The molecule has 0 saturated carbocycles. The molecule has 0 fully saturated rings. The lowest BCUT2D eigenvalue weighted by atomic mass is 9.91. The van der Waals surface area contributed by atoms with E-state index in [4.69, 9.17) is 5.73 Å². The van der Waals surface area contributed by atoms with Crippen LogP contribution in [0.25, 0.3) is 0 Å². The van der Waals surface area contributed by atoms with Crippen LogP contribution in [0, 0.1) is 0 Å². The molecule has 1 aliphatic rings. The molecule has 0 aromatic heterocycles. The molecular weight excluding hydrogens is 219 g/mol. The van der Waals surface area contributed by atoms with Crippen molar-refractivity contribution in [2.45, 2.75) is 12.3 Å². The van der Waals surface area contributed by atoms with Crippen molar-refractivity contribution in [1.82, 2.24) is 0 Å². The van der Waals surface area contributed by atoms with E-state index in [2.05, 4.69) is 29.6 Å². The average molecular weight is 235 g/mol. The lowest BCUT2D eigenvalue weighted by Crippen LogP contribution is -2.22. The minimum atomic E-state index is 0. The maximum Gasteiger partial charge on any atom is 0.0376 e. The molecule has 1 heterocycles. The summed E-state index contributed by atoms with van der Waals surface area (Å²) in [5.74, 6) is 0.558. The molecule has 0 saturated heterocycles. The molecule has 3 N–H and O–H groups in total. The number of benzene rings is 1. The molecule has 1 unspecified atom stereocenters. The smallest absolute Gasteiger partial charge is 0.0376 e. The Hall–Kier alpha value is -0.440. The second-order valence-electron chi connectivity index (χ2n) is 3.24. The van der Waals surface area contributed by atoms with E-state index in [1.165, 1.54) is 11.3 Å². The second-order valence-corrected chi connectivity index (χ2v) is 3.24. The summed E-state index contributed by atoms with van der Waals surface area (Å²) in [5.41, 5.74) is 8.33. The number of rotatable bonds is 1. The van der Waals surface area contributed by atoms with Crippen LogP contribution in [0.2, 0.25) is 0 Å². The largest absolute Gasteiger partial charge is 0.385 e. The Bertz CT molecular complexity index is 279. The van der Waals surface area contributed by atoms with Crippen LogP contribution in [0.5, 0.6) is 0 Å². The van der Waals surface area contributed by atoms with Gasteiger partial charge in [-0.05, 0) is 30.5 Å². The molecule has 80 valence electrons. The van der Waals surface area contributed by atoms with Gasteiger partial charge in [0.1, 0.15) is 0 Å². The van der Waals surface area contributed by atoms with Gasteiger partial charge in [0.05, 0.1) is 0 Å². The number of fused-ring (bicyclic) bond motifs is 1. The van der Waals surface area contributed by atoms with E-state index in [-0.39, 0.29) is 24.8 Å². The lowest BCUT2D eigenvalue weighted by Gasteiger charge is -2.25. The molecule has 14 heavy (non-hydrogen) atoms. The first-order valence-electron chi connectivity index (χ1n) is 4.44. The van der Waals surface area contributed by atoms with Gasteiger partial charge in [-0.25, -0.2) is 0 Å². The van der Waals surface area contributed by atoms with E-state index < -0.39 is 0 Å². The van der Waals surface area contributed by atoms with E-state index in [1.54, 1.807) is 0 Å². The van der Waals surface area contributed by atoms with Crippen LogP contribution in [-0.2, 0) is 0 Å². The highest BCUT2D eigenvalue weighted by Gasteiger charge is 2.17. The molecule has 1 aliphatic heterocycles. The summed E-state index contributed by atoms with van der Waals surface area (Å²) in [6.45, 7) is 1.82. The van der Waals surface area contributed by atoms with Gasteiger partial charge in [0.15, 0.2) is 0 Å². The number of nitrogens with two attached hydrogens (primary N) is 1. The summed E-state index contributed by atoms with van der Waals surface area (Å²) in [6, 6.07) is 8.43. The molecule has 1 aromatic carbocycles. The van der Waals surface area contributed by atoms with Crippen molar-refractivity contribution < 1.29 is 0 Å². The lowest BCUT2D eigenvalue weighted by molar-refractivity contribution is 0.637. The molecular formula is C10H16Cl2N2. The minimum Gasteiger partial charge on any atom is -0.385 e. The Morgan fingerprint density at radius 2 is 2.00 bits per heavy atom. The number of hydrogen-bond donors (Lipinski definition) is 2. The van der Waals surface area contributed by atoms with Crippen molar-refractivity contribution >= 4 is 30.5 Å². The standard InChI is InChI=1S/C10H14N2.2ClH/c11-7-8-5-6-12-10-4-2-1-3-9(8)10;;/h1-4,8,12H,5-7,11H2;2*1H. The number of para-hydroxylation sites is 1. The van der Waals surface area contributed by atoms with Crippen molar-refractivity contribution in [3.05, 3.63) is 29.8 Å². The van der Waals surface area contributed by atoms with Gasteiger partial charge in [-0.15, -0.1) is 24.8 Å². The predicted molar refractivity (Wildman–Crippen MR) is 65.8 cm³/mol. The van der Waals surface area contributed by atoms with Gasteiger partial charge in [-0.2, -0.15) is 0 Å². The first-order chi connectivity index (χ1) is 5.92. The van der Waals surface area contributed by atoms with Crippen molar-refractivity contribution in [3.63, 3.8) is 0 Å². The monoisotopic (exact) mass is 234 g/mol. The predicted octanol–water partition coefficient (Wildman–Crippen LogP) is 2.39. The van der Waals surface area contributed by atoms with Crippen LogP contribution in [0.4, 0.5) is 5.69 Å². The van der Waals surface area contributed by atoms with Gasteiger partial charge in [-0.1, -0.05) is 18.2 Å². The highest BCUT2D eigenvalue weighted by Crippen LogP contribution is 2.29. The second kappa shape index (κ2) is 6.12. The Balaban J connectivity index is 0.000000845. The first-order valence-corrected chi connectivity index (χ1v) is 4.44. The molecule has 0 bridgehead atoms. The van der Waals surface area contributed by atoms with Crippen LogP contribution in [0.1, 0.15) is 17.9 Å². The van der Waals surface area contributed by atoms with Gasteiger partial charge in [0.25, 0.3) is 0 Å². The van der Waals surface area contributed by atoms with Crippen molar-refractivity contribution in [2.75, 3.05) is 18.4 Å². The minimum absolute atomic E-state index is 0. The zero-order valence-corrected chi connectivity index (χ0v) is 9.53. The molecule has 2 nitrogen and oxygen atoms in total. The van der Waals surface area contributed by atoms with Gasteiger partial charge in [-0.3, -0.25) is 0 Å². The fourth-order valence-electron chi connectivity index (χ4n) is 1.80. The normalized spacial score (nSPS) is 18.2. The zero-order chi connectivity index (χ0) is 8.39. The van der Waals surface area contributed by atoms with Crippen LogP contribution >= 0.6 is 24.8 Å². The maximum atomic E-state index is 5.69. The Kier molecular flexibility index (Phi) is 5.93. The number of anilines is 1. The Morgan fingerprint density at radius 1 is 1.29 bits per heavy atom. The zero-order valence-electron chi connectivity index (χ0n) is 7.90. The van der Waals surface area contributed by atoms with Crippen LogP contribution in [-0.4, -0.2) is 13.1 Å². The highest BCUT2D eigenvalue weighted by atomic mass is 35.5. The molecule has 0 spiro atoms. The van der Waals surface area contributed by atoms with Crippen LogP contribution in [0.15, 0.2) is 24.3 Å². The average Bonchev–Trinajstić information content (AvgIpc) is 2.17. The first kappa shape index (κ1) is 13.6. The third-order valence-corrected chi connectivity index (χ3v) is 2.49. The van der Waals surface area contributed by atoms with Crippen LogP contribution in [0.3, 0.4) is 0 Å². The number of hydrogen-bond acceptors (Lipinski definition) is 2. The molecule has 0 amide bonds. The number of halogens is 2. The topological polar surface area (TPSA) is 38.0 Å². The third-order valence-electron chi connectivity index (χ3n) is 2.49. The van der Waals surface area contributed by atoms with Crippen molar-refractivity contribution in [1.29, 1.82) is 0 Å². The Morgan fingerprint density at radius 3 is 2.71 bits per heavy atom. The van der Waals surface area contributed by atoms with E-state index >= 15 is 0 Å². The summed E-state index contributed by atoms with van der Waals surface area (Å²) >= 11 is 0. The summed E-state index contributed by atoms with van der Waals surface area (Å²) in [5, 5.41) is 3.37. The summed E-state index contributed by atoms with van der Waals surface area (Å²) in [4.78, 5) is 0. The van der Waals surface area contributed by atoms with Crippen molar-refractivity contribution in [3.8, 4) is 0 Å². The van der Waals surface area contributed by atoms with Gasteiger partial charge in [0.2, 0.25) is 0 Å². The van der Waals surface area contributed by atoms with E-state index in [0.717, 1.165) is 19.5 Å². The third kappa shape index (κ3) is 2.53. The Labute approximate surface area is 97.1 Å². The molecule has 1 aromatic rings. The quantitative estimate of drug-likeness (QED) is 0.784. The molecule has 4 heteroatoms. The molecule has 0 radical (unpaired) electrons. The van der Waals surface area contributed by atoms with E-state index in [9.17, 15) is 0 Å². The van der Waals surface area contributed by atoms with Crippen molar-refractivity contribution in [2.24, 2.45) is 5.73 Å².